The third kappa shape index (κ3) is 5.03. The summed E-state index contributed by atoms with van der Waals surface area (Å²) in [5.41, 5.74) is 2.75. The predicted octanol–water partition coefficient (Wildman–Crippen LogP) is 5.88. The molecule has 0 aliphatic rings. The van der Waals surface area contributed by atoms with Crippen LogP contribution in [0.5, 0.6) is 5.75 Å². The van der Waals surface area contributed by atoms with Crippen molar-refractivity contribution in [3.63, 3.8) is 0 Å². The second-order valence-electron chi connectivity index (χ2n) is 7.46. The Balaban J connectivity index is 1.67. The predicted molar refractivity (Wildman–Crippen MR) is 121 cm³/mol. The van der Waals surface area contributed by atoms with Gasteiger partial charge in [-0.1, -0.05) is 12.1 Å². The van der Waals surface area contributed by atoms with E-state index in [1.807, 2.05) is 24.3 Å². The average Bonchev–Trinajstić information content (AvgIpc) is 3.27. The third-order valence-electron chi connectivity index (χ3n) is 5.23. The lowest BCUT2D eigenvalue weighted by molar-refractivity contribution is -0.137. The highest BCUT2D eigenvalue weighted by atomic mass is 19.4. The first-order chi connectivity index (χ1) is 16.2. The Labute approximate surface area is 193 Å². The van der Waals surface area contributed by atoms with Crippen LogP contribution >= 0.6 is 0 Å². The van der Waals surface area contributed by atoms with Gasteiger partial charge in [-0.05, 0) is 60.7 Å². The molecule has 174 valence electrons. The SMILES string of the molecule is COc1ccc(NCc2cn(-c3ccc(C(F)(F)F)cc3)nc2-c2ccc(C(=O)O)cc2)cc1. The molecular formula is C25H20F3N3O3. The summed E-state index contributed by atoms with van der Waals surface area (Å²) in [6.45, 7) is 0.378. The zero-order valence-corrected chi connectivity index (χ0v) is 18.0. The van der Waals surface area contributed by atoms with Crippen molar-refractivity contribution in [3.8, 4) is 22.7 Å². The van der Waals surface area contributed by atoms with Crippen LogP contribution in [0.3, 0.4) is 0 Å². The summed E-state index contributed by atoms with van der Waals surface area (Å²) in [6, 6.07) is 18.4. The van der Waals surface area contributed by atoms with Crippen molar-refractivity contribution in [1.82, 2.24) is 9.78 Å². The van der Waals surface area contributed by atoms with E-state index in [2.05, 4.69) is 10.4 Å². The van der Waals surface area contributed by atoms with E-state index in [4.69, 9.17) is 9.84 Å². The molecule has 0 fully saturated rings. The summed E-state index contributed by atoms with van der Waals surface area (Å²) in [4.78, 5) is 11.2. The standard InChI is InChI=1S/C25H20F3N3O3/c1-34-22-12-8-20(9-13-22)29-14-18-15-31(21-10-6-19(7-11-21)25(26,27)28)30-23(18)16-2-4-17(5-3-16)24(32)33/h2-13,15,29H,14H2,1H3,(H,32,33). The molecule has 0 saturated carbocycles. The van der Waals surface area contributed by atoms with Crippen LogP contribution in [0.4, 0.5) is 18.9 Å². The van der Waals surface area contributed by atoms with Gasteiger partial charge in [0.15, 0.2) is 0 Å². The molecule has 6 nitrogen and oxygen atoms in total. The minimum Gasteiger partial charge on any atom is -0.497 e. The number of nitrogens with one attached hydrogen (secondary N) is 1. The Morgan fingerprint density at radius 3 is 2.21 bits per heavy atom. The normalized spacial score (nSPS) is 11.3. The van der Waals surface area contributed by atoms with Crippen LogP contribution in [0.2, 0.25) is 0 Å². The number of aromatic nitrogens is 2. The van der Waals surface area contributed by atoms with Gasteiger partial charge in [-0.25, -0.2) is 9.48 Å². The van der Waals surface area contributed by atoms with E-state index >= 15 is 0 Å². The van der Waals surface area contributed by atoms with Gasteiger partial charge in [-0.3, -0.25) is 0 Å². The molecular weight excluding hydrogens is 447 g/mol. The van der Waals surface area contributed by atoms with Gasteiger partial charge in [0.25, 0.3) is 0 Å². The number of carbonyl (C=O) groups is 1. The van der Waals surface area contributed by atoms with Gasteiger partial charge < -0.3 is 15.2 Å². The van der Waals surface area contributed by atoms with E-state index < -0.39 is 17.7 Å². The minimum atomic E-state index is -4.42. The summed E-state index contributed by atoms with van der Waals surface area (Å²) < 4.78 is 45.5. The summed E-state index contributed by atoms with van der Waals surface area (Å²) in [5.74, 6) is -0.317. The number of methoxy groups -OCH3 is 1. The van der Waals surface area contributed by atoms with Crippen LogP contribution in [-0.2, 0) is 12.7 Å². The van der Waals surface area contributed by atoms with Gasteiger partial charge in [0.05, 0.1) is 29.6 Å². The zero-order valence-electron chi connectivity index (χ0n) is 18.0. The van der Waals surface area contributed by atoms with E-state index in [0.29, 0.717) is 23.5 Å². The van der Waals surface area contributed by atoms with E-state index in [9.17, 15) is 18.0 Å². The van der Waals surface area contributed by atoms with Crippen molar-refractivity contribution >= 4 is 11.7 Å². The number of benzene rings is 3. The molecule has 0 aliphatic carbocycles. The van der Waals surface area contributed by atoms with Crippen LogP contribution in [0.1, 0.15) is 21.5 Å². The Morgan fingerprint density at radius 1 is 1.00 bits per heavy atom. The van der Waals surface area contributed by atoms with Crippen molar-refractivity contribution < 1.29 is 27.8 Å². The van der Waals surface area contributed by atoms with E-state index in [-0.39, 0.29) is 5.56 Å². The van der Waals surface area contributed by atoms with Crippen molar-refractivity contribution in [2.75, 3.05) is 12.4 Å². The number of alkyl halides is 3. The molecule has 1 aromatic heterocycles. The van der Waals surface area contributed by atoms with Gasteiger partial charge in [0.2, 0.25) is 0 Å². The summed E-state index contributed by atoms with van der Waals surface area (Å²) in [6.07, 6.45) is -2.69. The molecule has 0 atom stereocenters. The molecule has 2 N–H and O–H groups in total. The summed E-state index contributed by atoms with van der Waals surface area (Å²) >= 11 is 0. The Hall–Kier alpha value is -4.27. The number of hydrogen-bond donors (Lipinski definition) is 2. The molecule has 9 heteroatoms. The second kappa shape index (κ2) is 9.30. The van der Waals surface area contributed by atoms with Crippen molar-refractivity contribution in [2.45, 2.75) is 12.7 Å². The molecule has 0 unspecified atom stereocenters. The van der Waals surface area contributed by atoms with Crippen LogP contribution in [-0.4, -0.2) is 28.0 Å². The lowest BCUT2D eigenvalue weighted by Gasteiger charge is -2.08. The van der Waals surface area contributed by atoms with Gasteiger partial charge in [-0.15, -0.1) is 0 Å². The molecule has 34 heavy (non-hydrogen) atoms. The van der Waals surface area contributed by atoms with Crippen LogP contribution in [0.15, 0.2) is 79.0 Å². The lowest BCUT2D eigenvalue weighted by Crippen LogP contribution is -2.05. The monoisotopic (exact) mass is 467 g/mol. The smallest absolute Gasteiger partial charge is 0.416 e. The second-order valence-corrected chi connectivity index (χ2v) is 7.46. The fourth-order valence-electron chi connectivity index (χ4n) is 3.39. The van der Waals surface area contributed by atoms with Gasteiger partial charge in [0.1, 0.15) is 5.75 Å². The van der Waals surface area contributed by atoms with Crippen LogP contribution in [0.25, 0.3) is 16.9 Å². The third-order valence-corrected chi connectivity index (χ3v) is 5.23. The fraction of sp³-hybridized carbons (Fsp3) is 0.120. The minimum absolute atomic E-state index is 0.142. The first-order valence-electron chi connectivity index (χ1n) is 10.2. The molecule has 0 bridgehead atoms. The largest absolute Gasteiger partial charge is 0.497 e. The average molecular weight is 467 g/mol. The maximum Gasteiger partial charge on any atom is 0.416 e. The summed E-state index contributed by atoms with van der Waals surface area (Å²) in [5, 5.41) is 17.0. The highest BCUT2D eigenvalue weighted by Crippen LogP contribution is 2.30. The van der Waals surface area contributed by atoms with Crippen molar-refractivity contribution in [1.29, 1.82) is 0 Å². The maximum atomic E-state index is 12.9. The molecule has 0 amide bonds. The van der Waals surface area contributed by atoms with E-state index in [1.54, 1.807) is 25.4 Å². The molecule has 0 aliphatic heterocycles. The maximum absolute atomic E-state index is 12.9. The zero-order chi connectivity index (χ0) is 24.3. The molecule has 3 aromatic carbocycles. The number of aromatic carboxylic acids is 1. The molecule has 0 radical (unpaired) electrons. The number of anilines is 1. The van der Waals surface area contributed by atoms with Crippen molar-refractivity contribution in [3.05, 3.63) is 95.7 Å². The van der Waals surface area contributed by atoms with E-state index in [1.165, 1.54) is 28.9 Å². The summed E-state index contributed by atoms with van der Waals surface area (Å²) in [7, 11) is 1.58. The Morgan fingerprint density at radius 2 is 1.65 bits per heavy atom. The highest BCUT2D eigenvalue weighted by Gasteiger charge is 2.30. The van der Waals surface area contributed by atoms with Gasteiger partial charge in [0, 0.05) is 29.6 Å². The molecule has 0 spiro atoms. The lowest BCUT2D eigenvalue weighted by atomic mass is 10.1. The number of hydrogen-bond acceptors (Lipinski definition) is 4. The quantitative estimate of drug-likeness (QED) is 0.355. The molecule has 1 heterocycles. The van der Waals surface area contributed by atoms with E-state index in [0.717, 1.165) is 29.1 Å². The topological polar surface area (TPSA) is 76.4 Å². The number of carboxylic acids is 1. The molecule has 4 rings (SSSR count). The Bertz CT molecular complexity index is 1280. The number of halogens is 3. The number of nitrogens with zero attached hydrogens (tertiary/aromatic N) is 2. The molecule has 0 saturated heterocycles. The Kier molecular flexibility index (Phi) is 6.27. The van der Waals surface area contributed by atoms with Crippen LogP contribution in [0, 0.1) is 0 Å². The molecule has 4 aromatic rings. The number of ether oxygens (including phenoxy) is 1. The fourth-order valence-corrected chi connectivity index (χ4v) is 3.39. The van der Waals surface area contributed by atoms with Gasteiger partial charge in [-0.2, -0.15) is 18.3 Å². The first-order valence-corrected chi connectivity index (χ1v) is 10.2. The highest BCUT2D eigenvalue weighted by molar-refractivity contribution is 5.88. The van der Waals surface area contributed by atoms with Gasteiger partial charge >= 0.3 is 12.1 Å². The number of rotatable bonds is 7. The van der Waals surface area contributed by atoms with Crippen molar-refractivity contribution in [2.24, 2.45) is 0 Å². The van der Waals surface area contributed by atoms with Crippen LogP contribution < -0.4 is 10.1 Å². The first kappa shape index (κ1) is 22.9. The number of carboxylic acid groups (broad SMARTS) is 1.